The van der Waals surface area contributed by atoms with E-state index in [-0.39, 0.29) is 105 Å². The second-order valence-electron chi connectivity index (χ2n) is 34.7. The summed E-state index contributed by atoms with van der Waals surface area (Å²) in [6.07, 6.45) is 9.51. The average Bonchev–Trinajstić information content (AvgIpc) is 0.843. The first-order valence-electron chi connectivity index (χ1n) is 47.3. The van der Waals surface area contributed by atoms with Crippen molar-refractivity contribution in [3.63, 3.8) is 0 Å². The molecule has 0 fully saturated rings. The molecule has 0 saturated carbocycles. The van der Waals surface area contributed by atoms with Gasteiger partial charge in [0.1, 0.15) is 95.5 Å². The summed E-state index contributed by atoms with van der Waals surface area (Å²) in [5.41, 5.74) is 23.5. The standard InChI is InChI=1S/C95H144N20O24/c1-5-7-8-9-10-11-12-13-14-15-16-17-18-19-20-28-76(121)104-70(50-58-29-37-62(117)38-30-58)86(132)106-68(27-24-49-103-95(100)101)84(130)111-75(55-79(126)127)91(137)114-80(56(3)6-2)92(138)112-73(53-61-35-43-65(120)44-36-61)88(134)108-69(45-46-77(122)123)85(131)115-81(57(4)116)93(139)113-74(54-78(124)125)90(136)110-72(52-60-33-41-64(119)42-34-60)89(135)109-71(51-59-31-39-63(118)40-32-59)87(133)107-67(26-23-48-102-94(98)99)83(129)105-66(82(97)128)25-21-22-47-96/h29-44,56-57,66-75,80-81,116-120H,5-28,45-55,96H2,1-4H3,(H2,97,128)(H,104,121)(H,105,129)(H,106,132)(H,107,133)(H,108,134)(H,109,135)(H,110,136)(H,111,130)(H,112,138)(H,113,139)(H,114,137)(H,115,131)(H,122,123)(H,124,125)(H,126,127)(H4,98,99,102)(H4,100,101,103)/t56-,57+,66-,67-,68-,69-,70-,71-,72-,73-,74-,75-,80-,81-/m0/s1. The molecule has 4 aromatic rings. The molecule has 0 heterocycles. The van der Waals surface area contributed by atoms with Gasteiger partial charge >= 0.3 is 17.9 Å². The van der Waals surface area contributed by atoms with Crippen molar-refractivity contribution >= 4 is 107 Å². The number of aliphatic hydroxyl groups excluding tert-OH is 1. The van der Waals surface area contributed by atoms with Crippen LogP contribution in [0.15, 0.2) is 97.1 Å². The van der Waals surface area contributed by atoms with Crippen LogP contribution in [0.3, 0.4) is 0 Å². The third-order valence-corrected chi connectivity index (χ3v) is 23.1. The molecule has 0 spiro atoms. The van der Waals surface area contributed by atoms with Gasteiger partial charge in [-0.2, -0.15) is 0 Å². The Labute approximate surface area is 808 Å². The van der Waals surface area contributed by atoms with Crippen molar-refractivity contribution in [1.29, 1.82) is 10.8 Å². The van der Waals surface area contributed by atoms with Crippen LogP contribution in [0, 0.1) is 16.7 Å². The largest absolute Gasteiger partial charge is 0.508 e. The number of carbonyl (C=O) groups excluding carboxylic acids is 13. The van der Waals surface area contributed by atoms with Gasteiger partial charge < -0.3 is 138 Å². The molecule has 0 unspecified atom stereocenters. The number of unbranched alkanes of at least 4 members (excludes halogenated alkanes) is 15. The molecule has 0 bridgehead atoms. The van der Waals surface area contributed by atoms with E-state index in [9.17, 15) is 118 Å². The van der Waals surface area contributed by atoms with Gasteiger partial charge in [-0.3, -0.25) is 87.5 Å². The van der Waals surface area contributed by atoms with E-state index in [1.54, 1.807) is 6.92 Å². The topological polar surface area (TPSA) is 755 Å². The van der Waals surface area contributed by atoms with E-state index in [0.29, 0.717) is 30.4 Å². The smallest absolute Gasteiger partial charge is 0.305 e. The monoisotopic (exact) mass is 1950 g/mol. The van der Waals surface area contributed by atoms with Crippen LogP contribution in [0.5, 0.6) is 23.0 Å². The van der Waals surface area contributed by atoms with Gasteiger partial charge in [0, 0.05) is 51.6 Å². The first kappa shape index (κ1) is 117. The van der Waals surface area contributed by atoms with Gasteiger partial charge in [0.15, 0.2) is 11.9 Å². The maximum Gasteiger partial charge on any atom is 0.305 e. The van der Waals surface area contributed by atoms with E-state index in [1.807, 2.05) is 0 Å². The second kappa shape index (κ2) is 64.2. The third kappa shape index (κ3) is 47.6. The van der Waals surface area contributed by atoms with Crippen molar-refractivity contribution < 1.29 is 118 Å². The summed E-state index contributed by atoms with van der Waals surface area (Å²) in [6.45, 7) is 6.49. The van der Waals surface area contributed by atoms with Gasteiger partial charge in [-0.05, 0) is 148 Å². The van der Waals surface area contributed by atoms with Crippen molar-refractivity contribution in [3.8, 4) is 23.0 Å². The number of hydrogen-bond acceptors (Lipinski definition) is 24. The Morgan fingerprint density at radius 1 is 0.309 bits per heavy atom. The number of hydrogen-bond donors (Lipinski definition) is 28. The quantitative estimate of drug-likeness (QED) is 0.0168. The van der Waals surface area contributed by atoms with Crippen LogP contribution in [0.2, 0.25) is 0 Å². The number of phenolic OH excluding ortho intramolecular Hbond substituents is 4. The number of guanidine groups is 2. The van der Waals surface area contributed by atoms with Gasteiger partial charge in [-0.1, -0.05) is 166 Å². The lowest BCUT2D eigenvalue weighted by molar-refractivity contribution is -0.142. The number of amides is 13. The summed E-state index contributed by atoms with van der Waals surface area (Å²) in [5.74, 6) is -22.0. The number of nitrogens with two attached hydrogens (primary N) is 4. The zero-order chi connectivity index (χ0) is 103. The minimum Gasteiger partial charge on any atom is -0.508 e. The number of phenols is 4. The molecule has 4 rings (SSSR count). The molecule has 768 valence electrons. The lowest BCUT2D eigenvalue weighted by Gasteiger charge is -2.30. The zero-order valence-electron chi connectivity index (χ0n) is 79.5. The highest BCUT2D eigenvalue weighted by molar-refractivity contribution is 6.01. The molecule has 13 amide bonds. The summed E-state index contributed by atoms with van der Waals surface area (Å²) in [7, 11) is 0. The van der Waals surface area contributed by atoms with Crippen molar-refractivity contribution in [2.75, 3.05) is 19.6 Å². The van der Waals surface area contributed by atoms with Gasteiger partial charge in [0.05, 0.1) is 18.9 Å². The molecule has 14 atom stereocenters. The summed E-state index contributed by atoms with van der Waals surface area (Å²) in [6, 6.07) is -0.0147. The molecule has 44 heteroatoms. The molecule has 44 nitrogen and oxygen atoms in total. The third-order valence-electron chi connectivity index (χ3n) is 23.1. The van der Waals surface area contributed by atoms with Gasteiger partial charge in [-0.25, -0.2) is 0 Å². The summed E-state index contributed by atoms with van der Waals surface area (Å²) >= 11 is 0. The highest BCUT2D eigenvalue weighted by atomic mass is 16.4. The maximum atomic E-state index is 15.0. The molecule has 4 aromatic carbocycles. The van der Waals surface area contributed by atoms with E-state index >= 15 is 0 Å². The van der Waals surface area contributed by atoms with Crippen LogP contribution < -0.4 is 97.4 Å². The number of carboxylic acid groups (broad SMARTS) is 3. The van der Waals surface area contributed by atoms with Crippen molar-refractivity contribution in [1.82, 2.24) is 74.4 Å². The molecule has 0 aliphatic carbocycles. The molecule has 0 aliphatic rings. The van der Waals surface area contributed by atoms with E-state index in [2.05, 4.69) is 81.4 Å². The number of rotatable bonds is 70. The fourth-order valence-corrected chi connectivity index (χ4v) is 15.0. The predicted octanol–water partition coefficient (Wildman–Crippen LogP) is 1.24. The Morgan fingerprint density at radius 2 is 0.590 bits per heavy atom. The molecular weight excluding hydrogens is 1810 g/mol. The van der Waals surface area contributed by atoms with E-state index in [4.69, 9.17) is 33.8 Å². The van der Waals surface area contributed by atoms with Crippen LogP contribution >= 0.6 is 0 Å². The van der Waals surface area contributed by atoms with E-state index in [1.165, 1.54) is 162 Å². The van der Waals surface area contributed by atoms with Gasteiger partial charge in [0.2, 0.25) is 76.8 Å². The Morgan fingerprint density at radius 3 is 0.928 bits per heavy atom. The SMILES string of the molecule is CCCCCCCCCCCCCCCCCC(=O)N[C@@H](Cc1ccc(O)cc1)C(=O)N[C@@H](CCCNC(=N)N)C(=O)N[C@@H](CC(=O)O)C(=O)N[C@H](C(=O)N[C@@H](Cc1ccc(O)cc1)C(=O)N[C@@H](CCC(=O)O)C(=O)N[C@H](C(=O)N[C@@H](CC(=O)O)C(=O)N[C@@H](Cc1ccc(O)cc1)C(=O)N[C@@H](Cc1ccc(O)cc1)C(=O)N[C@@H](CCCNC(=N)N)C(=O)N[C@@H](CCCCN)C(N)=O)[C@@H](C)O)[C@@H](C)CC. The summed E-state index contributed by atoms with van der Waals surface area (Å²) < 4.78 is 0. The fourth-order valence-electron chi connectivity index (χ4n) is 15.0. The zero-order valence-corrected chi connectivity index (χ0v) is 79.5. The van der Waals surface area contributed by atoms with Gasteiger partial charge in [0.25, 0.3) is 0 Å². The number of carboxylic acids is 3. The molecular formula is C95H144N20O24. The summed E-state index contributed by atoms with van der Waals surface area (Å²) in [5, 5.41) is 133. The first-order chi connectivity index (χ1) is 66.1. The van der Waals surface area contributed by atoms with Crippen LogP contribution in [0.1, 0.15) is 230 Å². The minimum absolute atomic E-state index is 0.0166. The van der Waals surface area contributed by atoms with Crippen LogP contribution in [-0.4, -0.2) is 246 Å². The lowest BCUT2D eigenvalue weighted by Crippen LogP contribution is -2.63. The van der Waals surface area contributed by atoms with Gasteiger partial charge in [-0.15, -0.1) is 0 Å². The van der Waals surface area contributed by atoms with Crippen molar-refractivity contribution in [3.05, 3.63) is 119 Å². The maximum absolute atomic E-state index is 15.0. The number of aliphatic hydroxyl groups is 1. The van der Waals surface area contributed by atoms with E-state index in [0.717, 1.165) is 39.0 Å². The van der Waals surface area contributed by atoms with Crippen molar-refractivity contribution in [2.24, 2.45) is 28.9 Å². The molecule has 139 heavy (non-hydrogen) atoms. The summed E-state index contributed by atoms with van der Waals surface area (Å²) in [4.78, 5) is 226. The molecule has 32 N–H and O–H groups in total. The normalized spacial score (nSPS) is 14.1. The number of nitrogens with one attached hydrogen (secondary N) is 16. The second-order valence-corrected chi connectivity index (χ2v) is 34.7. The number of aliphatic carboxylic acids is 3. The average molecular weight is 1950 g/mol. The Kier molecular flexibility index (Phi) is 54.2. The van der Waals surface area contributed by atoms with Crippen LogP contribution in [-0.2, 0) is 102 Å². The van der Waals surface area contributed by atoms with Crippen molar-refractivity contribution in [2.45, 2.75) is 312 Å². The number of benzene rings is 4. The highest BCUT2D eigenvalue weighted by Gasteiger charge is 2.40. The predicted molar refractivity (Wildman–Crippen MR) is 513 cm³/mol. The van der Waals surface area contributed by atoms with Crippen LogP contribution in [0.4, 0.5) is 0 Å². The number of primary amides is 1. The fraction of sp³-hybridized carbons (Fsp3) is 0.558. The number of aromatic hydroxyl groups is 4. The molecule has 0 aliphatic heterocycles. The van der Waals surface area contributed by atoms with E-state index < -0.39 is 236 Å². The number of carbonyl (C=O) groups is 16. The minimum atomic E-state index is -2.24. The molecule has 0 saturated heterocycles. The lowest BCUT2D eigenvalue weighted by atomic mass is 9.96. The van der Waals surface area contributed by atoms with Crippen LogP contribution in [0.25, 0.3) is 0 Å². The Balaban J connectivity index is 1.65. The first-order valence-corrected chi connectivity index (χ1v) is 47.3. The molecule has 0 aromatic heterocycles. The Bertz CT molecular complexity index is 4630. The molecule has 0 radical (unpaired) electrons. The highest BCUT2D eigenvalue weighted by Crippen LogP contribution is 2.22. The Hall–Kier alpha value is -13.9.